The molecule has 0 fully saturated rings. The molecular weight excluding hydrogens is 402 g/mol. The predicted octanol–water partition coefficient (Wildman–Crippen LogP) is 5.28. The van der Waals surface area contributed by atoms with Crippen LogP contribution in [0.2, 0.25) is 0 Å². The minimum absolute atomic E-state index is 0.0159. The van der Waals surface area contributed by atoms with Gasteiger partial charge < -0.3 is 9.15 Å². The standard InChI is InChI=1S/C24H18F2N2O3/c25-17-9-10-18(19(26)14-17)21-15-28-22(30-21)11-12-23(29)31-24(16-6-2-1-3-7-16)20-8-4-5-13-27-20/h1-10,13-15,24H,11-12H2. The summed E-state index contributed by atoms with van der Waals surface area (Å²) in [4.78, 5) is 20.9. The Morgan fingerprint density at radius 1 is 1.00 bits per heavy atom. The molecule has 0 saturated carbocycles. The van der Waals surface area contributed by atoms with Gasteiger partial charge in [0.2, 0.25) is 0 Å². The second-order valence-corrected chi connectivity index (χ2v) is 6.78. The van der Waals surface area contributed by atoms with Crippen molar-refractivity contribution in [3.8, 4) is 11.3 Å². The van der Waals surface area contributed by atoms with Gasteiger partial charge in [0.15, 0.2) is 17.8 Å². The number of aryl methyl sites for hydroxylation is 1. The fourth-order valence-electron chi connectivity index (χ4n) is 3.10. The highest BCUT2D eigenvalue weighted by Crippen LogP contribution is 2.26. The number of hydrogen-bond acceptors (Lipinski definition) is 5. The lowest BCUT2D eigenvalue weighted by Gasteiger charge is -2.17. The Morgan fingerprint density at radius 3 is 2.55 bits per heavy atom. The van der Waals surface area contributed by atoms with Crippen LogP contribution in [0, 0.1) is 11.6 Å². The fraction of sp³-hybridized carbons (Fsp3) is 0.125. The average molecular weight is 420 g/mol. The average Bonchev–Trinajstić information content (AvgIpc) is 3.26. The fourth-order valence-corrected chi connectivity index (χ4v) is 3.10. The summed E-state index contributed by atoms with van der Waals surface area (Å²) in [6.45, 7) is 0. The van der Waals surface area contributed by atoms with Crippen LogP contribution in [-0.4, -0.2) is 15.9 Å². The molecular formula is C24H18F2N2O3. The van der Waals surface area contributed by atoms with E-state index >= 15 is 0 Å². The second-order valence-electron chi connectivity index (χ2n) is 6.78. The Hall–Kier alpha value is -3.87. The molecule has 0 amide bonds. The number of carbonyl (C=O) groups excluding carboxylic acids is 1. The van der Waals surface area contributed by atoms with Crippen LogP contribution in [-0.2, 0) is 16.0 Å². The van der Waals surface area contributed by atoms with E-state index in [9.17, 15) is 13.6 Å². The molecule has 1 unspecified atom stereocenters. The first-order valence-corrected chi connectivity index (χ1v) is 9.65. The molecule has 2 heterocycles. The summed E-state index contributed by atoms with van der Waals surface area (Å²) in [5.41, 5.74) is 1.52. The van der Waals surface area contributed by atoms with Crippen molar-refractivity contribution in [2.75, 3.05) is 0 Å². The number of hydrogen-bond donors (Lipinski definition) is 0. The first-order valence-electron chi connectivity index (χ1n) is 9.65. The van der Waals surface area contributed by atoms with E-state index in [1.165, 1.54) is 12.3 Å². The number of ether oxygens (including phenoxy) is 1. The van der Waals surface area contributed by atoms with Crippen molar-refractivity contribution in [2.45, 2.75) is 18.9 Å². The van der Waals surface area contributed by atoms with Crippen LogP contribution in [0.5, 0.6) is 0 Å². The monoisotopic (exact) mass is 420 g/mol. The molecule has 5 nitrogen and oxygen atoms in total. The van der Waals surface area contributed by atoms with E-state index in [0.717, 1.165) is 17.7 Å². The van der Waals surface area contributed by atoms with Crippen molar-refractivity contribution in [3.63, 3.8) is 0 Å². The van der Waals surface area contributed by atoms with Crippen molar-refractivity contribution in [1.82, 2.24) is 9.97 Å². The lowest BCUT2D eigenvalue weighted by Crippen LogP contribution is -2.14. The molecule has 2 aromatic heterocycles. The molecule has 31 heavy (non-hydrogen) atoms. The number of oxazole rings is 1. The number of esters is 1. The molecule has 0 bridgehead atoms. The molecule has 4 rings (SSSR count). The molecule has 0 radical (unpaired) electrons. The third-order valence-corrected chi connectivity index (χ3v) is 4.60. The lowest BCUT2D eigenvalue weighted by atomic mass is 10.1. The van der Waals surface area contributed by atoms with Gasteiger partial charge in [0.1, 0.15) is 11.6 Å². The van der Waals surface area contributed by atoms with Gasteiger partial charge in [-0.3, -0.25) is 9.78 Å². The molecule has 7 heteroatoms. The summed E-state index contributed by atoms with van der Waals surface area (Å²) < 4.78 is 38.2. The maximum absolute atomic E-state index is 13.9. The minimum atomic E-state index is -0.747. The summed E-state index contributed by atoms with van der Waals surface area (Å²) in [5.74, 6) is -1.46. The van der Waals surface area contributed by atoms with Crippen LogP contribution in [0.25, 0.3) is 11.3 Å². The maximum atomic E-state index is 13.9. The zero-order valence-corrected chi connectivity index (χ0v) is 16.4. The minimum Gasteiger partial charge on any atom is -0.451 e. The van der Waals surface area contributed by atoms with Crippen LogP contribution in [0.3, 0.4) is 0 Å². The summed E-state index contributed by atoms with van der Waals surface area (Å²) in [6.07, 6.45) is 2.54. The molecule has 156 valence electrons. The molecule has 0 N–H and O–H groups in total. The van der Waals surface area contributed by atoms with Gasteiger partial charge in [-0.25, -0.2) is 13.8 Å². The quantitative estimate of drug-likeness (QED) is 0.381. The summed E-state index contributed by atoms with van der Waals surface area (Å²) in [5, 5.41) is 0. The number of carbonyl (C=O) groups is 1. The van der Waals surface area contributed by atoms with E-state index in [1.54, 1.807) is 18.3 Å². The van der Waals surface area contributed by atoms with Crippen molar-refractivity contribution in [2.24, 2.45) is 0 Å². The molecule has 1 atom stereocenters. The summed E-state index contributed by atoms with van der Waals surface area (Å²) >= 11 is 0. The molecule has 0 aliphatic heterocycles. The normalized spacial score (nSPS) is 11.8. The van der Waals surface area contributed by atoms with Gasteiger partial charge in [0, 0.05) is 18.7 Å². The Bertz CT molecular complexity index is 1120. The van der Waals surface area contributed by atoms with Crippen LogP contribution < -0.4 is 0 Å². The lowest BCUT2D eigenvalue weighted by molar-refractivity contribution is -0.147. The van der Waals surface area contributed by atoms with Crippen LogP contribution in [0.4, 0.5) is 8.78 Å². The Morgan fingerprint density at radius 2 is 1.81 bits per heavy atom. The van der Waals surface area contributed by atoms with Gasteiger partial charge in [-0.2, -0.15) is 0 Å². The van der Waals surface area contributed by atoms with Gasteiger partial charge in [-0.05, 0) is 29.8 Å². The maximum Gasteiger partial charge on any atom is 0.307 e. The van der Waals surface area contributed by atoms with Gasteiger partial charge in [0.05, 0.1) is 23.9 Å². The van der Waals surface area contributed by atoms with Gasteiger partial charge in [-0.1, -0.05) is 36.4 Å². The van der Waals surface area contributed by atoms with E-state index in [1.807, 2.05) is 36.4 Å². The van der Waals surface area contributed by atoms with Crippen molar-refractivity contribution in [1.29, 1.82) is 0 Å². The topological polar surface area (TPSA) is 65.2 Å². The number of aromatic nitrogens is 2. The van der Waals surface area contributed by atoms with E-state index in [-0.39, 0.29) is 30.1 Å². The largest absolute Gasteiger partial charge is 0.451 e. The second kappa shape index (κ2) is 9.30. The Kier molecular flexibility index (Phi) is 6.12. The first kappa shape index (κ1) is 20.4. The number of pyridine rings is 1. The third kappa shape index (κ3) is 5.01. The van der Waals surface area contributed by atoms with Crippen LogP contribution in [0.1, 0.15) is 29.7 Å². The molecule has 4 aromatic rings. The summed E-state index contributed by atoms with van der Waals surface area (Å²) in [6, 6.07) is 17.9. The van der Waals surface area contributed by atoms with Gasteiger partial charge in [-0.15, -0.1) is 0 Å². The molecule has 0 aliphatic rings. The van der Waals surface area contributed by atoms with E-state index in [4.69, 9.17) is 9.15 Å². The van der Waals surface area contributed by atoms with E-state index < -0.39 is 23.7 Å². The van der Waals surface area contributed by atoms with Gasteiger partial charge in [0.25, 0.3) is 0 Å². The number of rotatable bonds is 7. The highest BCUT2D eigenvalue weighted by Gasteiger charge is 2.21. The number of nitrogens with zero attached hydrogens (tertiary/aromatic N) is 2. The Balaban J connectivity index is 1.43. The number of benzene rings is 2. The Labute approximate surface area is 177 Å². The van der Waals surface area contributed by atoms with Crippen molar-refractivity contribution in [3.05, 3.63) is 108 Å². The molecule has 0 saturated heterocycles. The van der Waals surface area contributed by atoms with Crippen LogP contribution in [0.15, 0.2) is 83.5 Å². The summed E-state index contributed by atoms with van der Waals surface area (Å²) in [7, 11) is 0. The zero-order valence-electron chi connectivity index (χ0n) is 16.4. The molecule has 0 spiro atoms. The van der Waals surface area contributed by atoms with Crippen molar-refractivity contribution < 1.29 is 22.7 Å². The van der Waals surface area contributed by atoms with Crippen LogP contribution >= 0.6 is 0 Å². The predicted molar refractivity (Wildman–Crippen MR) is 109 cm³/mol. The van der Waals surface area contributed by atoms with E-state index in [2.05, 4.69) is 9.97 Å². The first-order chi connectivity index (χ1) is 15.1. The smallest absolute Gasteiger partial charge is 0.307 e. The number of halogens is 2. The highest BCUT2D eigenvalue weighted by atomic mass is 19.1. The highest BCUT2D eigenvalue weighted by molar-refractivity contribution is 5.70. The van der Waals surface area contributed by atoms with Gasteiger partial charge >= 0.3 is 5.97 Å². The molecule has 2 aromatic carbocycles. The van der Waals surface area contributed by atoms with Crippen molar-refractivity contribution >= 4 is 5.97 Å². The third-order valence-electron chi connectivity index (χ3n) is 4.60. The zero-order chi connectivity index (χ0) is 21.6. The SMILES string of the molecule is O=C(CCc1ncc(-c2ccc(F)cc2F)o1)OC(c1ccccc1)c1ccccn1. The van der Waals surface area contributed by atoms with E-state index in [0.29, 0.717) is 5.69 Å². The molecule has 0 aliphatic carbocycles.